The molecular weight excluding hydrogens is 452 g/mol. The van der Waals surface area contributed by atoms with E-state index in [0.29, 0.717) is 54.0 Å². The van der Waals surface area contributed by atoms with Crippen LogP contribution < -0.4 is 5.56 Å². The van der Waals surface area contributed by atoms with Crippen LogP contribution in [0.3, 0.4) is 0 Å². The summed E-state index contributed by atoms with van der Waals surface area (Å²) in [7, 11) is 0. The number of carbonyl (C=O) groups excluding carboxylic acids is 1. The van der Waals surface area contributed by atoms with Gasteiger partial charge in [0.05, 0.1) is 17.5 Å². The first-order valence-corrected chi connectivity index (χ1v) is 12.6. The molecule has 34 heavy (non-hydrogen) atoms. The van der Waals surface area contributed by atoms with Gasteiger partial charge < -0.3 is 10.0 Å². The molecule has 1 aliphatic heterocycles. The Bertz CT molecular complexity index is 1270. The maximum absolute atomic E-state index is 13.2. The van der Waals surface area contributed by atoms with Crippen molar-refractivity contribution in [1.29, 1.82) is 0 Å². The fourth-order valence-corrected chi connectivity index (χ4v) is 5.84. The summed E-state index contributed by atoms with van der Waals surface area (Å²) in [6, 6.07) is 11.2. The third kappa shape index (κ3) is 3.95. The lowest BCUT2D eigenvalue weighted by Gasteiger charge is -2.39. The first-order valence-electron chi connectivity index (χ1n) is 12.3. The highest BCUT2D eigenvalue weighted by Crippen LogP contribution is 2.50. The molecule has 3 heterocycles. The Morgan fingerprint density at radius 3 is 2.38 bits per heavy atom. The number of likely N-dealkylation sites (tertiary alicyclic amines) is 1. The van der Waals surface area contributed by atoms with Crippen molar-refractivity contribution in [2.75, 3.05) is 13.1 Å². The maximum Gasteiger partial charge on any atom is 0.262 e. The topological polar surface area (TPSA) is 80.4 Å². The summed E-state index contributed by atoms with van der Waals surface area (Å²) in [6.07, 6.45) is 7.12. The summed E-state index contributed by atoms with van der Waals surface area (Å²) < 4.78 is 3.22. The molecule has 8 heteroatoms. The van der Waals surface area contributed by atoms with Crippen molar-refractivity contribution in [3.8, 4) is 5.69 Å². The second-order valence-corrected chi connectivity index (χ2v) is 10.7. The number of aliphatic hydroxyl groups is 1. The van der Waals surface area contributed by atoms with E-state index >= 15 is 0 Å². The van der Waals surface area contributed by atoms with Crippen molar-refractivity contribution in [2.45, 2.75) is 50.7 Å². The number of hydrogen-bond donors (Lipinski definition) is 1. The lowest BCUT2D eigenvalue weighted by Crippen LogP contribution is -2.51. The van der Waals surface area contributed by atoms with E-state index in [1.165, 1.54) is 36.6 Å². The van der Waals surface area contributed by atoms with Gasteiger partial charge in [0.1, 0.15) is 11.5 Å². The molecule has 0 bridgehead atoms. The number of benzene rings is 1. The van der Waals surface area contributed by atoms with Gasteiger partial charge in [0, 0.05) is 24.7 Å². The van der Waals surface area contributed by atoms with Crippen LogP contribution in [0, 0.1) is 17.8 Å². The molecule has 2 aliphatic carbocycles. The zero-order valence-electron chi connectivity index (χ0n) is 19.1. The highest BCUT2D eigenvalue weighted by Gasteiger charge is 2.48. The van der Waals surface area contributed by atoms with Crippen molar-refractivity contribution < 1.29 is 9.90 Å². The zero-order valence-corrected chi connectivity index (χ0v) is 19.8. The first kappa shape index (κ1) is 21.9. The molecule has 0 unspecified atom stereocenters. The summed E-state index contributed by atoms with van der Waals surface area (Å²) in [5, 5.41) is 12.1. The van der Waals surface area contributed by atoms with Crippen molar-refractivity contribution in [2.24, 2.45) is 17.8 Å². The fraction of sp³-hybridized carbons (Fsp3) is 0.500. The predicted octanol–water partition coefficient (Wildman–Crippen LogP) is 3.63. The predicted molar refractivity (Wildman–Crippen MR) is 130 cm³/mol. The number of rotatable bonds is 6. The smallest absolute Gasteiger partial charge is 0.262 e. The summed E-state index contributed by atoms with van der Waals surface area (Å²) in [6.45, 7) is 1.22. The van der Waals surface area contributed by atoms with E-state index < -0.39 is 5.60 Å². The molecule has 1 saturated heterocycles. The van der Waals surface area contributed by atoms with Gasteiger partial charge in [-0.05, 0) is 68.6 Å². The van der Waals surface area contributed by atoms with E-state index in [0.717, 1.165) is 5.69 Å². The van der Waals surface area contributed by atoms with Crippen LogP contribution >= 0.6 is 11.6 Å². The molecule has 2 aromatic heterocycles. The third-order valence-electron chi connectivity index (χ3n) is 7.77. The van der Waals surface area contributed by atoms with E-state index in [4.69, 9.17) is 11.6 Å². The normalized spacial score (nSPS) is 20.3. The lowest BCUT2D eigenvalue weighted by molar-refractivity contribution is -0.141. The zero-order chi connectivity index (χ0) is 23.4. The van der Waals surface area contributed by atoms with Crippen molar-refractivity contribution >= 4 is 28.5 Å². The molecule has 2 saturated carbocycles. The minimum absolute atomic E-state index is 0.152. The number of piperidine rings is 1. The van der Waals surface area contributed by atoms with Gasteiger partial charge in [0.15, 0.2) is 5.65 Å². The van der Waals surface area contributed by atoms with E-state index in [2.05, 4.69) is 4.98 Å². The van der Waals surface area contributed by atoms with Crippen LogP contribution in [0.4, 0.5) is 0 Å². The van der Waals surface area contributed by atoms with Gasteiger partial charge >= 0.3 is 0 Å². The van der Waals surface area contributed by atoms with Crippen LogP contribution in [-0.2, 0) is 11.3 Å². The van der Waals surface area contributed by atoms with Crippen LogP contribution in [0.15, 0.2) is 47.5 Å². The number of halogens is 1. The molecule has 3 fully saturated rings. The van der Waals surface area contributed by atoms with Crippen LogP contribution in [0.5, 0.6) is 0 Å². The molecule has 3 aromatic rings. The molecule has 0 spiro atoms. The van der Waals surface area contributed by atoms with Crippen molar-refractivity contribution in [3.63, 3.8) is 0 Å². The average Bonchev–Trinajstić information content (AvgIpc) is 3.77. The number of hydrogen-bond acceptors (Lipinski definition) is 4. The minimum atomic E-state index is -1.05. The summed E-state index contributed by atoms with van der Waals surface area (Å²) in [4.78, 5) is 32.9. The average molecular weight is 481 g/mol. The Balaban J connectivity index is 1.19. The van der Waals surface area contributed by atoms with Crippen LogP contribution in [0.1, 0.15) is 38.5 Å². The van der Waals surface area contributed by atoms with E-state index in [9.17, 15) is 14.7 Å². The minimum Gasteiger partial charge on any atom is -0.388 e. The number of fused-ring (bicyclic) bond motifs is 1. The Morgan fingerprint density at radius 1 is 1.12 bits per heavy atom. The molecule has 0 atom stereocenters. The molecule has 1 aromatic carbocycles. The van der Waals surface area contributed by atoms with E-state index in [1.54, 1.807) is 10.6 Å². The lowest BCUT2D eigenvalue weighted by atomic mass is 9.89. The standard InChI is InChI=1S/C26H29ClN4O3/c27-21-14-20-23(31(21)19-4-2-1-3-5-19)28-16-30(24(20)32)15-26(34)10-12-29(13-11-26)25(33)22(17-6-7-17)18-8-9-18/h1-5,14,16-18,22,34H,6-13,15H2. The summed E-state index contributed by atoms with van der Waals surface area (Å²) in [5.41, 5.74) is 0.0572. The summed E-state index contributed by atoms with van der Waals surface area (Å²) in [5.74, 6) is 1.63. The van der Waals surface area contributed by atoms with E-state index in [-0.39, 0.29) is 23.9 Å². The molecule has 1 N–H and O–H groups in total. The SMILES string of the molecule is O=C(C(C1CC1)C1CC1)N1CCC(O)(Cn2cnc3c(cc(Cl)n3-c3ccccc3)c2=O)CC1. The number of nitrogens with zero attached hydrogens (tertiary/aromatic N) is 4. The summed E-state index contributed by atoms with van der Waals surface area (Å²) >= 11 is 6.46. The molecule has 0 radical (unpaired) electrons. The molecule has 7 nitrogen and oxygen atoms in total. The van der Waals surface area contributed by atoms with Gasteiger partial charge in [-0.3, -0.25) is 18.7 Å². The monoisotopic (exact) mass is 480 g/mol. The van der Waals surface area contributed by atoms with Gasteiger partial charge in [-0.2, -0.15) is 0 Å². The first-order chi connectivity index (χ1) is 16.4. The number of aromatic nitrogens is 3. The third-order valence-corrected chi connectivity index (χ3v) is 8.05. The van der Waals surface area contributed by atoms with Gasteiger partial charge in [-0.25, -0.2) is 4.98 Å². The van der Waals surface area contributed by atoms with Crippen LogP contribution in [0.25, 0.3) is 16.7 Å². The second-order valence-electron chi connectivity index (χ2n) is 10.3. The van der Waals surface area contributed by atoms with Gasteiger partial charge in [-0.1, -0.05) is 29.8 Å². The van der Waals surface area contributed by atoms with Crippen molar-refractivity contribution in [3.05, 3.63) is 58.2 Å². The van der Waals surface area contributed by atoms with Gasteiger partial charge in [0.25, 0.3) is 5.56 Å². The Hall–Kier alpha value is -2.64. The molecule has 1 amide bonds. The van der Waals surface area contributed by atoms with Gasteiger partial charge in [0.2, 0.25) is 5.91 Å². The Morgan fingerprint density at radius 2 is 1.76 bits per heavy atom. The van der Waals surface area contributed by atoms with Gasteiger partial charge in [-0.15, -0.1) is 0 Å². The largest absolute Gasteiger partial charge is 0.388 e. The number of carbonyl (C=O) groups is 1. The highest BCUT2D eigenvalue weighted by molar-refractivity contribution is 6.31. The molecule has 3 aliphatic rings. The Labute approximate surface area is 203 Å². The highest BCUT2D eigenvalue weighted by atomic mass is 35.5. The quantitative estimate of drug-likeness (QED) is 0.584. The molecule has 178 valence electrons. The second kappa shape index (κ2) is 8.24. The maximum atomic E-state index is 13.2. The van der Waals surface area contributed by atoms with Crippen LogP contribution in [0.2, 0.25) is 5.15 Å². The number of para-hydroxylation sites is 1. The molecule has 6 rings (SSSR count). The van der Waals surface area contributed by atoms with E-state index in [1.807, 2.05) is 35.2 Å². The van der Waals surface area contributed by atoms with Crippen molar-refractivity contribution in [1.82, 2.24) is 19.0 Å². The molecular formula is C26H29ClN4O3. The van der Waals surface area contributed by atoms with Crippen LogP contribution in [-0.4, -0.2) is 48.7 Å². The number of amides is 1. The Kier molecular flexibility index (Phi) is 5.30. The fourth-order valence-electron chi connectivity index (χ4n) is 5.55.